The van der Waals surface area contributed by atoms with E-state index in [4.69, 9.17) is 37.0 Å². The molecule has 6 atom stereocenters. The first-order valence-corrected chi connectivity index (χ1v) is 38.4. The van der Waals surface area contributed by atoms with Crippen LogP contribution in [0.2, 0.25) is 0 Å². The van der Waals surface area contributed by atoms with E-state index in [-0.39, 0.29) is 25.7 Å². The summed E-state index contributed by atoms with van der Waals surface area (Å²) < 4.78 is 68.2. The van der Waals surface area contributed by atoms with Crippen molar-refractivity contribution in [2.45, 2.75) is 356 Å². The van der Waals surface area contributed by atoms with E-state index in [2.05, 4.69) is 48.5 Å². The minimum absolute atomic E-state index is 0.103. The Bertz CT molecular complexity index is 1720. The van der Waals surface area contributed by atoms with Crippen molar-refractivity contribution in [1.29, 1.82) is 0 Å². The number of carbonyl (C=O) groups excluding carboxylic acids is 4. The average molecular weight is 1280 g/mol. The topological polar surface area (TPSA) is 237 Å². The van der Waals surface area contributed by atoms with Crippen molar-refractivity contribution < 1.29 is 80.2 Å². The van der Waals surface area contributed by atoms with Crippen LogP contribution < -0.4 is 0 Å². The molecule has 0 aromatic heterocycles. The minimum Gasteiger partial charge on any atom is -0.462 e. The molecule has 516 valence electrons. The van der Waals surface area contributed by atoms with Gasteiger partial charge in [-0.1, -0.05) is 286 Å². The molecule has 0 saturated heterocycles. The molecule has 19 heteroatoms. The van der Waals surface area contributed by atoms with E-state index >= 15 is 0 Å². The predicted molar refractivity (Wildman–Crippen MR) is 349 cm³/mol. The lowest BCUT2D eigenvalue weighted by Crippen LogP contribution is -2.30. The maximum Gasteiger partial charge on any atom is 0.472 e. The summed E-state index contributed by atoms with van der Waals surface area (Å²) in [5.41, 5.74) is 0. The quantitative estimate of drug-likeness (QED) is 0.0222. The van der Waals surface area contributed by atoms with E-state index < -0.39 is 97.5 Å². The van der Waals surface area contributed by atoms with Crippen LogP contribution in [0.5, 0.6) is 0 Å². The minimum atomic E-state index is -4.95. The Morgan fingerprint density at radius 3 is 0.874 bits per heavy atom. The number of hydrogen-bond donors (Lipinski definition) is 3. The molecule has 0 heterocycles. The normalized spacial score (nSPS) is 14.6. The Morgan fingerprint density at radius 1 is 0.333 bits per heavy atom. The Hall–Kier alpha value is -1.94. The number of phosphoric acid groups is 2. The van der Waals surface area contributed by atoms with Crippen molar-refractivity contribution >= 4 is 39.5 Å². The first kappa shape index (κ1) is 85.1. The second-order valence-electron chi connectivity index (χ2n) is 25.8. The third-order valence-corrected chi connectivity index (χ3v) is 17.9. The van der Waals surface area contributed by atoms with Crippen LogP contribution in [-0.4, -0.2) is 96.7 Å². The third kappa shape index (κ3) is 61.3. The SMILES string of the molecule is CCCCCCCCCCCCCCC(=O)OC[C@H](COP(=O)(O)OC[C@@H](O)COP(=O)(O)OC[C@@H](COC(=O)CCCCCCCCCC(C)C)OC(=O)CCCCCCCCCCC(C)C)OC(=O)CCCCCCCCCCCCC(C)CC. The second kappa shape index (κ2) is 59.1. The molecular formula is C68H132O17P2. The summed E-state index contributed by atoms with van der Waals surface area (Å²) >= 11 is 0. The highest BCUT2D eigenvalue weighted by Gasteiger charge is 2.30. The number of esters is 4. The van der Waals surface area contributed by atoms with Crippen molar-refractivity contribution in [1.82, 2.24) is 0 Å². The summed E-state index contributed by atoms with van der Waals surface area (Å²) in [4.78, 5) is 72.4. The molecular weight excluding hydrogens is 1150 g/mol. The van der Waals surface area contributed by atoms with E-state index in [9.17, 15) is 43.2 Å². The van der Waals surface area contributed by atoms with Crippen LogP contribution in [0.1, 0.15) is 337 Å². The van der Waals surface area contributed by atoms with Gasteiger partial charge in [-0.15, -0.1) is 0 Å². The van der Waals surface area contributed by atoms with Gasteiger partial charge in [0.05, 0.1) is 26.4 Å². The molecule has 0 aromatic rings. The van der Waals surface area contributed by atoms with Gasteiger partial charge in [0.2, 0.25) is 0 Å². The highest BCUT2D eigenvalue weighted by Crippen LogP contribution is 2.45. The van der Waals surface area contributed by atoms with Crippen molar-refractivity contribution in [2.75, 3.05) is 39.6 Å². The van der Waals surface area contributed by atoms with Gasteiger partial charge in [0, 0.05) is 25.7 Å². The van der Waals surface area contributed by atoms with E-state index in [1.54, 1.807) is 0 Å². The van der Waals surface area contributed by atoms with Gasteiger partial charge in [-0.3, -0.25) is 37.3 Å². The Morgan fingerprint density at radius 2 is 0.586 bits per heavy atom. The highest BCUT2D eigenvalue weighted by atomic mass is 31.2. The number of ether oxygens (including phenoxy) is 4. The van der Waals surface area contributed by atoms with Crippen LogP contribution in [0, 0.1) is 17.8 Å². The monoisotopic (exact) mass is 1280 g/mol. The molecule has 0 bridgehead atoms. The molecule has 0 aliphatic rings. The number of rotatable bonds is 66. The maximum atomic E-state index is 13.0. The van der Waals surface area contributed by atoms with Gasteiger partial charge in [-0.25, -0.2) is 9.13 Å². The van der Waals surface area contributed by atoms with Gasteiger partial charge in [-0.05, 0) is 43.4 Å². The van der Waals surface area contributed by atoms with Gasteiger partial charge >= 0.3 is 39.5 Å². The summed E-state index contributed by atoms with van der Waals surface area (Å²) in [6.45, 7) is 11.8. The molecule has 17 nitrogen and oxygen atoms in total. The van der Waals surface area contributed by atoms with Gasteiger partial charge in [-0.2, -0.15) is 0 Å². The molecule has 3 N–H and O–H groups in total. The zero-order valence-corrected chi connectivity index (χ0v) is 58.3. The number of unbranched alkanes of at least 4 members (excludes halogenated alkanes) is 33. The average Bonchev–Trinajstić information content (AvgIpc) is 3.60. The summed E-state index contributed by atoms with van der Waals surface area (Å²) in [5.74, 6) is 0.0956. The molecule has 0 fully saturated rings. The van der Waals surface area contributed by atoms with E-state index in [0.717, 1.165) is 108 Å². The predicted octanol–water partition coefficient (Wildman–Crippen LogP) is 19.1. The Kier molecular flexibility index (Phi) is 57.8. The molecule has 0 spiro atoms. The lowest BCUT2D eigenvalue weighted by molar-refractivity contribution is -0.161. The van der Waals surface area contributed by atoms with Gasteiger partial charge in [0.1, 0.15) is 19.3 Å². The highest BCUT2D eigenvalue weighted by molar-refractivity contribution is 7.47. The number of carbonyl (C=O) groups is 4. The molecule has 0 rings (SSSR count). The molecule has 3 unspecified atom stereocenters. The maximum absolute atomic E-state index is 13.0. The van der Waals surface area contributed by atoms with Crippen LogP contribution in [0.15, 0.2) is 0 Å². The molecule has 0 aliphatic carbocycles. The van der Waals surface area contributed by atoms with Gasteiger partial charge in [0.15, 0.2) is 12.2 Å². The number of aliphatic hydroxyl groups excluding tert-OH is 1. The molecule has 0 amide bonds. The summed E-state index contributed by atoms with van der Waals surface area (Å²) in [7, 11) is -9.90. The van der Waals surface area contributed by atoms with Gasteiger partial charge in [0.25, 0.3) is 0 Å². The Labute approximate surface area is 530 Å². The first-order valence-electron chi connectivity index (χ1n) is 35.4. The van der Waals surface area contributed by atoms with E-state index in [1.165, 1.54) is 141 Å². The number of hydrogen-bond acceptors (Lipinski definition) is 15. The molecule has 0 aromatic carbocycles. The second-order valence-corrected chi connectivity index (χ2v) is 28.7. The zero-order chi connectivity index (χ0) is 64.5. The van der Waals surface area contributed by atoms with Crippen molar-refractivity contribution in [3.8, 4) is 0 Å². The van der Waals surface area contributed by atoms with E-state index in [1.807, 2.05) is 0 Å². The lowest BCUT2D eigenvalue weighted by atomic mass is 9.99. The molecule has 0 radical (unpaired) electrons. The van der Waals surface area contributed by atoms with Crippen LogP contribution in [-0.2, 0) is 65.4 Å². The number of phosphoric ester groups is 2. The smallest absolute Gasteiger partial charge is 0.462 e. The summed E-state index contributed by atoms with van der Waals surface area (Å²) in [6, 6.07) is 0. The molecule has 0 aliphatic heterocycles. The summed E-state index contributed by atoms with van der Waals surface area (Å²) in [5, 5.41) is 10.6. The van der Waals surface area contributed by atoms with Crippen molar-refractivity contribution in [3.63, 3.8) is 0 Å². The summed E-state index contributed by atoms with van der Waals surface area (Å²) in [6.07, 6.45) is 41.7. The Balaban J connectivity index is 5.26. The first-order chi connectivity index (χ1) is 41.8. The van der Waals surface area contributed by atoms with Crippen molar-refractivity contribution in [3.05, 3.63) is 0 Å². The van der Waals surface area contributed by atoms with Crippen molar-refractivity contribution in [2.24, 2.45) is 17.8 Å². The van der Waals surface area contributed by atoms with Crippen LogP contribution >= 0.6 is 15.6 Å². The number of aliphatic hydroxyl groups is 1. The lowest BCUT2D eigenvalue weighted by Gasteiger charge is -2.21. The third-order valence-electron chi connectivity index (χ3n) is 16.0. The van der Waals surface area contributed by atoms with Gasteiger partial charge < -0.3 is 33.8 Å². The fourth-order valence-corrected chi connectivity index (χ4v) is 11.7. The fourth-order valence-electron chi connectivity index (χ4n) is 10.2. The van der Waals surface area contributed by atoms with Crippen LogP contribution in [0.3, 0.4) is 0 Å². The van der Waals surface area contributed by atoms with E-state index in [0.29, 0.717) is 31.6 Å². The fraction of sp³-hybridized carbons (Fsp3) is 0.941. The van der Waals surface area contributed by atoms with Crippen LogP contribution in [0.4, 0.5) is 0 Å². The standard InChI is InChI=1S/C68H132O17P2/c1-8-10-11-12-13-14-15-16-20-28-35-42-49-65(70)78-55-63(84-67(72)51-44-37-29-21-18-17-19-27-34-41-48-61(7)9-2)57-82-86(74,75)80-53-62(69)54-81-87(76,77)83-58-64(56-79-66(71)50-43-36-31-24-26-33-40-47-60(5)6)85-68(73)52-45-38-30-23-22-25-32-39-46-59(3)4/h59-64,69H,8-58H2,1-7H3,(H,74,75)(H,76,77)/t61?,62-,63-,64-/m1/s1. The zero-order valence-electron chi connectivity index (χ0n) is 56.5. The largest absolute Gasteiger partial charge is 0.472 e. The van der Waals surface area contributed by atoms with Crippen LogP contribution in [0.25, 0.3) is 0 Å². The molecule has 0 saturated carbocycles. The molecule has 87 heavy (non-hydrogen) atoms.